The van der Waals surface area contributed by atoms with Crippen molar-refractivity contribution >= 4 is 23.0 Å². The van der Waals surface area contributed by atoms with Crippen LogP contribution in [-0.2, 0) is 0 Å². The normalized spacial score (nSPS) is 13.2. The third kappa shape index (κ3) is 12.2. The molecule has 0 aromatic heterocycles. The molecule has 27 nitrogen and oxygen atoms in total. The first-order valence-corrected chi connectivity index (χ1v) is 29.1. The molecule has 0 saturated carbocycles. The minimum absolute atomic E-state index is 0.0326. The van der Waals surface area contributed by atoms with E-state index in [-0.39, 0.29) is 138 Å². The molecule has 1 aliphatic rings. The summed E-state index contributed by atoms with van der Waals surface area (Å²) in [4.78, 5) is 0. The lowest BCUT2D eigenvalue weighted by Crippen LogP contribution is -2.13. The van der Waals surface area contributed by atoms with Crippen LogP contribution in [-0.4, -0.2) is 128 Å². The molecule has 0 bridgehead atoms. The SMILES string of the molecule is COc1ccc(OP2(Oc3ccc(OC)c(OC)c3OC)=NP(Oc3ccc(OC)c(OC)c3OC)(Oc3ccc(OC)c(OC)c3OC)=NP(Oc3ccc(OC)c(OC)c3OC)(Oc3ccc(OC)c(OC)c3OC)=N2)c(OC)c1OC. The van der Waals surface area contributed by atoms with Gasteiger partial charge in [-0.1, -0.05) is 13.5 Å². The second-order valence-electron chi connectivity index (χ2n) is 16.3. The maximum Gasteiger partial charge on any atom is 0.461 e. The molecule has 0 spiro atoms. The van der Waals surface area contributed by atoms with Crippen LogP contribution >= 0.6 is 23.0 Å². The molecule has 0 fully saturated rings. The lowest BCUT2D eigenvalue weighted by molar-refractivity contribution is 0.308. The highest BCUT2D eigenvalue weighted by Gasteiger charge is 2.51. The molecule has 84 heavy (non-hydrogen) atoms. The highest BCUT2D eigenvalue weighted by Crippen LogP contribution is 2.81. The lowest BCUT2D eigenvalue weighted by atomic mass is 10.2. The predicted molar refractivity (Wildman–Crippen MR) is 308 cm³/mol. The standard InChI is InChI=1S/C54H66N3O24P3/c1-58-31-19-25-37(49(70-13)43(31)64-7)76-82(77-38-26-20-32(59-2)44(65-8)50(38)71-14)55-83(78-39-27-21-33(60-3)45(66-9)51(39)72-15,79-40-28-22-34(61-4)46(67-10)52(40)73-16)57-84(56-82,80-41-29-23-35(62-5)47(68-11)53(41)74-17)81-42-30-24-36(63-6)48(69-12)54(42)75-18/h19-30H,1-18H3. The molecule has 1 heterocycles. The Hall–Kier alpha value is -8.79. The zero-order valence-corrected chi connectivity index (χ0v) is 52.1. The highest BCUT2D eigenvalue weighted by molar-refractivity contribution is 7.79. The van der Waals surface area contributed by atoms with E-state index in [4.69, 9.17) is 126 Å². The van der Waals surface area contributed by atoms with Crippen LogP contribution in [0.15, 0.2) is 86.3 Å². The van der Waals surface area contributed by atoms with Gasteiger partial charge in [-0.25, -0.2) is 0 Å². The fraction of sp³-hybridized carbons (Fsp3) is 0.333. The van der Waals surface area contributed by atoms with Gasteiger partial charge in [-0.15, -0.1) is 0 Å². The summed E-state index contributed by atoms with van der Waals surface area (Å²) in [6.45, 7) is 0. The first-order valence-electron chi connectivity index (χ1n) is 24.5. The van der Waals surface area contributed by atoms with E-state index < -0.39 is 23.0 Å². The van der Waals surface area contributed by atoms with Gasteiger partial charge >= 0.3 is 23.0 Å². The van der Waals surface area contributed by atoms with Gasteiger partial charge in [0.25, 0.3) is 0 Å². The predicted octanol–water partition coefficient (Wildman–Crippen LogP) is 12.5. The molecule has 6 aromatic rings. The minimum atomic E-state index is -5.03. The molecule has 0 amide bonds. The van der Waals surface area contributed by atoms with E-state index in [1.807, 2.05) is 0 Å². The van der Waals surface area contributed by atoms with Crippen molar-refractivity contribution in [1.29, 1.82) is 0 Å². The van der Waals surface area contributed by atoms with Gasteiger partial charge in [-0.05, 0) is 72.8 Å². The summed E-state index contributed by atoms with van der Waals surface area (Å²) in [5, 5.41) is 0. The molecular weight excluding hydrogens is 1170 g/mol. The molecule has 0 N–H and O–H groups in total. The maximum absolute atomic E-state index is 7.29. The summed E-state index contributed by atoms with van der Waals surface area (Å²) in [5.41, 5.74) is 0. The fourth-order valence-electron chi connectivity index (χ4n) is 8.40. The minimum Gasteiger partial charge on any atom is -0.493 e. The van der Waals surface area contributed by atoms with E-state index in [9.17, 15) is 0 Å². The van der Waals surface area contributed by atoms with E-state index in [2.05, 4.69) is 0 Å². The summed E-state index contributed by atoms with van der Waals surface area (Å²) < 4.78 is 166. The topological polar surface area (TPSA) is 259 Å². The number of nitrogens with zero attached hydrogens (tertiary/aromatic N) is 3. The number of ether oxygens (including phenoxy) is 18. The van der Waals surface area contributed by atoms with Crippen molar-refractivity contribution < 1.29 is 112 Å². The van der Waals surface area contributed by atoms with Gasteiger partial charge in [0.1, 0.15) is 0 Å². The summed E-state index contributed by atoms with van der Waals surface area (Å²) >= 11 is 0. The van der Waals surface area contributed by atoms with Crippen LogP contribution in [0.3, 0.4) is 0 Å². The van der Waals surface area contributed by atoms with E-state index >= 15 is 0 Å². The van der Waals surface area contributed by atoms with Crippen molar-refractivity contribution in [2.45, 2.75) is 0 Å². The summed E-state index contributed by atoms with van der Waals surface area (Å²) in [5.74, 6) is 1.05. The molecule has 30 heteroatoms. The number of hydrogen-bond donors (Lipinski definition) is 0. The summed E-state index contributed by atoms with van der Waals surface area (Å²) in [6, 6.07) is 18.3. The van der Waals surface area contributed by atoms with Crippen LogP contribution in [0.5, 0.6) is 138 Å². The number of hydrogen-bond acceptors (Lipinski definition) is 27. The molecule has 0 saturated heterocycles. The molecule has 0 radical (unpaired) electrons. The first-order chi connectivity index (χ1) is 40.7. The average Bonchev–Trinajstić information content (AvgIpc) is 0.988. The van der Waals surface area contributed by atoms with Gasteiger partial charge in [0, 0.05) is 0 Å². The van der Waals surface area contributed by atoms with Crippen molar-refractivity contribution in [3.8, 4) is 138 Å². The van der Waals surface area contributed by atoms with E-state index in [1.54, 1.807) is 36.4 Å². The average molecular weight is 1230 g/mol. The van der Waals surface area contributed by atoms with Gasteiger partial charge in [0.2, 0.25) is 69.0 Å². The van der Waals surface area contributed by atoms with Crippen molar-refractivity contribution in [3.05, 3.63) is 72.8 Å². The highest BCUT2D eigenvalue weighted by atomic mass is 31.3. The molecule has 0 aliphatic carbocycles. The van der Waals surface area contributed by atoms with Crippen LogP contribution in [0.1, 0.15) is 0 Å². The summed E-state index contributed by atoms with van der Waals surface area (Å²) in [7, 11) is 10.3. The lowest BCUT2D eigenvalue weighted by Gasteiger charge is -2.34. The van der Waals surface area contributed by atoms with Gasteiger partial charge in [0.15, 0.2) is 69.0 Å². The third-order valence-corrected chi connectivity index (χ3v) is 20.0. The Labute approximate surface area is 486 Å². The van der Waals surface area contributed by atoms with Crippen molar-refractivity contribution in [2.75, 3.05) is 128 Å². The molecule has 1 aliphatic heterocycles. The van der Waals surface area contributed by atoms with Gasteiger partial charge in [-0.2, -0.15) is 0 Å². The Bertz CT molecular complexity index is 2920. The largest absolute Gasteiger partial charge is 0.493 e. The second kappa shape index (κ2) is 27.5. The van der Waals surface area contributed by atoms with Crippen LogP contribution in [0.4, 0.5) is 0 Å². The fourth-order valence-corrected chi connectivity index (χ4v) is 17.5. The number of benzene rings is 6. The van der Waals surface area contributed by atoms with Crippen molar-refractivity contribution in [1.82, 2.24) is 0 Å². The Balaban J connectivity index is 1.84. The zero-order chi connectivity index (χ0) is 60.9. The Kier molecular flexibility index (Phi) is 20.6. The summed E-state index contributed by atoms with van der Waals surface area (Å²) in [6.07, 6.45) is 0. The monoisotopic (exact) mass is 1230 g/mol. The zero-order valence-electron chi connectivity index (χ0n) is 49.4. The molecule has 456 valence electrons. The molecule has 0 unspecified atom stereocenters. The van der Waals surface area contributed by atoms with Crippen LogP contribution in [0.25, 0.3) is 0 Å². The van der Waals surface area contributed by atoms with Gasteiger partial charge in [-0.3, -0.25) is 0 Å². The van der Waals surface area contributed by atoms with E-state index in [0.29, 0.717) is 0 Å². The Morgan fingerprint density at radius 1 is 0.167 bits per heavy atom. The molecular formula is C54H66N3O24P3. The van der Waals surface area contributed by atoms with Crippen LogP contribution in [0, 0.1) is 0 Å². The third-order valence-electron chi connectivity index (χ3n) is 12.0. The van der Waals surface area contributed by atoms with Crippen molar-refractivity contribution in [3.63, 3.8) is 0 Å². The van der Waals surface area contributed by atoms with Crippen LogP contribution < -0.4 is 112 Å². The first kappa shape index (κ1) is 62.8. The quantitative estimate of drug-likeness (QED) is 0.0380. The molecule has 6 aromatic carbocycles. The molecule has 0 atom stereocenters. The van der Waals surface area contributed by atoms with Gasteiger partial charge < -0.3 is 112 Å². The van der Waals surface area contributed by atoms with E-state index in [0.717, 1.165) is 0 Å². The second-order valence-corrected chi connectivity index (χ2v) is 22.5. The Morgan fingerprint density at radius 2 is 0.274 bits per heavy atom. The number of rotatable bonds is 30. The van der Waals surface area contributed by atoms with Crippen LogP contribution in [0.2, 0.25) is 0 Å². The Morgan fingerprint density at radius 3 is 0.381 bits per heavy atom. The maximum atomic E-state index is 7.29. The molecule has 7 rings (SSSR count). The van der Waals surface area contributed by atoms with Gasteiger partial charge in [0.05, 0.1) is 128 Å². The number of methoxy groups -OCH3 is 18. The smallest absolute Gasteiger partial charge is 0.461 e. The van der Waals surface area contributed by atoms with Crippen molar-refractivity contribution in [2.24, 2.45) is 13.5 Å². The van der Waals surface area contributed by atoms with E-state index in [1.165, 1.54) is 164 Å².